The van der Waals surface area contributed by atoms with E-state index in [0.717, 1.165) is 29.8 Å². The molecule has 94 valence electrons. The van der Waals surface area contributed by atoms with Gasteiger partial charge >= 0.3 is 0 Å². The molecule has 1 aliphatic rings. The summed E-state index contributed by atoms with van der Waals surface area (Å²) in [5.41, 5.74) is 6.87. The summed E-state index contributed by atoms with van der Waals surface area (Å²) in [6.45, 7) is 3.91. The lowest BCUT2D eigenvalue weighted by Crippen LogP contribution is -2.39. The molecular formula is C14H18N4. The summed E-state index contributed by atoms with van der Waals surface area (Å²) in [5, 5.41) is 1.08. The van der Waals surface area contributed by atoms with Gasteiger partial charge in [0.25, 0.3) is 0 Å². The number of benzene rings is 1. The molecule has 2 aromatic rings. The van der Waals surface area contributed by atoms with E-state index in [1.165, 1.54) is 0 Å². The van der Waals surface area contributed by atoms with Crippen molar-refractivity contribution in [2.75, 3.05) is 18.0 Å². The zero-order chi connectivity index (χ0) is 12.5. The van der Waals surface area contributed by atoms with Crippen molar-refractivity contribution < 1.29 is 0 Å². The molecule has 1 saturated heterocycles. The lowest BCUT2D eigenvalue weighted by molar-refractivity contribution is 0.516. The fourth-order valence-electron chi connectivity index (χ4n) is 2.72. The van der Waals surface area contributed by atoms with E-state index in [4.69, 9.17) is 5.73 Å². The molecule has 0 amide bonds. The van der Waals surface area contributed by atoms with Gasteiger partial charge < -0.3 is 10.6 Å². The number of nitrogens with two attached hydrogens (primary N) is 1. The van der Waals surface area contributed by atoms with Crippen LogP contribution in [0.1, 0.15) is 13.3 Å². The quantitative estimate of drug-likeness (QED) is 0.872. The maximum atomic E-state index is 5.87. The topological polar surface area (TPSA) is 55.0 Å². The number of anilines is 1. The van der Waals surface area contributed by atoms with Crippen molar-refractivity contribution >= 4 is 16.9 Å². The number of fused-ring (bicyclic) bond motifs is 1. The van der Waals surface area contributed by atoms with Crippen LogP contribution >= 0.6 is 0 Å². The van der Waals surface area contributed by atoms with Crippen LogP contribution in [0, 0.1) is 5.92 Å². The SMILES string of the molecule is CC1CCN(c2ncc3ccccc3n2)C1CN. The van der Waals surface area contributed by atoms with Gasteiger partial charge in [-0.2, -0.15) is 0 Å². The summed E-state index contributed by atoms with van der Waals surface area (Å²) in [7, 11) is 0. The molecule has 1 aliphatic heterocycles. The van der Waals surface area contributed by atoms with Crippen LogP contribution in [0.4, 0.5) is 5.95 Å². The van der Waals surface area contributed by atoms with Gasteiger partial charge in [-0.15, -0.1) is 0 Å². The minimum Gasteiger partial charge on any atom is -0.336 e. The molecule has 3 rings (SSSR count). The molecule has 2 unspecified atom stereocenters. The first-order chi connectivity index (χ1) is 8.79. The molecule has 18 heavy (non-hydrogen) atoms. The lowest BCUT2D eigenvalue weighted by Gasteiger charge is -2.25. The Labute approximate surface area is 107 Å². The summed E-state index contributed by atoms with van der Waals surface area (Å²) >= 11 is 0. The molecule has 1 fully saturated rings. The highest BCUT2D eigenvalue weighted by molar-refractivity contribution is 5.78. The van der Waals surface area contributed by atoms with Crippen molar-refractivity contribution in [3.8, 4) is 0 Å². The van der Waals surface area contributed by atoms with Gasteiger partial charge in [0.05, 0.1) is 5.52 Å². The Hall–Kier alpha value is -1.68. The molecular weight excluding hydrogens is 224 g/mol. The summed E-state index contributed by atoms with van der Waals surface area (Å²) in [5.74, 6) is 1.43. The predicted molar refractivity (Wildman–Crippen MR) is 73.5 cm³/mol. The Balaban J connectivity index is 1.99. The zero-order valence-corrected chi connectivity index (χ0v) is 10.6. The van der Waals surface area contributed by atoms with Crippen LogP contribution in [0.15, 0.2) is 30.5 Å². The third-order valence-corrected chi connectivity index (χ3v) is 3.86. The highest BCUT2D eigenvalue weighted by Gasteiger charge is 2.31. The number of aromatic nitrogens is 2. The summed E-state index contributed by atoms with van der Waals surface area (Å²) < 4.78 is 0. The Kier molecular flexibility index (Phi) is 2.88. The smallest absolute Gasteiger partial charge is 0.226 e. The average molecular weight is 242 g/mol. The van der Waals surface area contributed by atoms with Crippen molar-refractivity contribution in [2.24, 2.45) is 11.7 Å². The van der Waals surface area contributed by atoms with Crippen LogP contribution in [0.3, 0.4) is 0 Å². The standard InChI is InChI=1S/C14H18N4/c1-10-6-7-18(13(10)8-15)14-16-9-11-4-2-3-5-12(11)17-14/h2-5,9-10,13H,6-8,15H2,1H3. The van der Waals surface area contributed by atoms with Gasteiger partial charge in [-0.3, -0.25) is 0 Å². The van der Waals surface area contributed by atoms with Gasteiger partial charge in [0.2, 0.25) is 5.95 Å². The summed E-state index contributed by atoms with van der Waals surface area (Å²) in [6, 6.07) is 8.44. The molecule has 1 aromatic heterocycles. The maximum Gasteiger partial charge on any atom is 0.226 e. The molecule has 2 atom stereocenters. The van der Waals surface area contributed by atoms with Crippen molar-refractivity contribution in [1.29, 1.82) is 0 Å². The molecule has 0 bridgehead atoms. The minimum atomic E-state index is 0.367. The van der Waals surface area contributed by atoms with Crippen molar-refractivity contribution in [1.82, 2.24) is 9.97 Å². The van der Waals surface area contributed by atoms with E-state index in [9.17, 15) is 0 Å². The van der Waals surface area contributed by atoms with Gasteiger partial charge in [0.1, 0.15) is 0 Å². The van der Waals surface area contributed by atoms with E-state index in [1.807, 2.05) is 30.5 Å². The molecule has 1 aromatic carbocycles. The van der Waals surface area contributed by atoms with E-state index in [2.05, 4.69) is 21.8 Å². The first kappa shape index (κ1) is 11.4. The Morgan fingerprint density at radius 3 is 3.06 bits per heavy atom. The normalized spacial score (nSPS) is 23.8. The van der Waals surface area contributed by atoms with E-state index in [0.29, 0.717) is 18.5 Å². The second-order valence-electron chi connectivity index (χ2n) is 4.99. The second-order valence-corrected chi connectivity index (χ2v) is 4.99. The third-order valence-electron chi connectivity index (χ3n) is 3.86. The van der Waals surface area contributed by atoms with Gasteiger partial charge in [-0.25, -0.2) is 9.97 Å². The third kappa shape index (κ3) is 1.82. The molecule has 0 radical (unpaired) electrons. The first-order valence-corrected chi connectivity index (χ1v) is 6.48. The number of para-hydroxylation sites is 1. The van der Waals surface area contributed by atoms with E-state index in [-0.39, 0.29) is 0 Å². The zero-order valence-electron chi connectivity index (χ0n) is 10.6. The number of rotatable bonds is 2. The Morgan fingerprint density at radius 1 is 1.39 bits per heavy atom. The van der Waals surface area contributed by atoms with E-state index >= 15 is 0 Å². The largest absolute Gasteiger partial charge is 0.336 e. The highest BCUT2D eigenvalue weighted by atomic mass is 15.3. The highest BCUT2D eigenvalue weighted by Crippen LogP contribution is 2.27. The van der Waals surface area contributed by atoms with Crippen LogP contribution < -0.4 is 10.6 Å². The monoisotopic (exact) mass is 242 g/mol. The summed E-state index contributed by atoms with van der Waals surface area (Å²) in [4.78, 5) is 11.4. The van der Waals surface area contributed by atoms with E-state index in [1.54, 1.807) is 0 Å². The number of hydrogen-bond donors (Lipinski definition) is 1. The van der Waals surface area contributed by atoms with Crippen molar-refractivity contribution in [3.05, 3.63) is 30.5 Å². The van der Waals surface area contributed by atoms with Gasteiger partial charge in [0, 0.05) is 30.7 Å². The van der Waals surface area contributed by atoms with Crippen LogP contribution in [0.25, 0.3) is 10.9 Å². The Morgan fingerprint density at radius 2 is 2.22 bits per heavy atom. The van der Waals surface area contributed by atoms with Crippen molar-refractivity contribution in [3.63, 3.8) is 0 Å². The molecule has 4 nitrogen and oxygen atoms in total. The molecule has 0 spiro atoms. The fraction of sp³-hybridized carbons (Fsp3) is 0.429. The molecule has 0 aliphatic carbocycles. The predicted octanol–water partition coefficient (Wildman–Crippen LogP) is 1.80. The van der Waals surface area contributed by atoms with Crippen molar-refractivity contribution in [2.45, 2.75) is 19.4 Å². The minimum absolute atomic E-state index is 0.367. The molecule has 0 saturated carbocycles. The average Bonchev–Trinajstić information content (AvgIpc) is 2.79. The first-order valence-electron chi connectivity index (χ1n) is 6.48. The van der Waals surface area contributed by atoms with Crippen LogP contribution in [0.5, 0.6) is 0 Å². The van der Waals surface area contributed by atoms with Gasteiger partial charge in [-0.1, -0.05) is 25.1 Å². The fourth-order valence-corrected chi connectivity index (χ4v) is 2.72. The maximum absolute atomic E-state index is 5.87. The summed E-state index contributed by atoms with van der Waals surface area (Å²) in [6.07, 6.45) is 3.06. The lowest BCUT2D eigenvalue weighted by atomic mass is 10.0. The van der Waals surface area contributed by atoms with Gasteiger partial charge in [0.15, 0.2) is 0 Å². The number of hydrogen-bond acceptors (Lipinski definition) is 4. The number of nitrogens with zero attached hydrogens (tertiary/aromatic N) is 3. The molecule has 2 heterocycles. The van der Waals surface area contributed by atoms with Crippen LogP contribution in [-0.2, 0) is 0 Å². The van der Waals surface area contributed by atoms with Crippen LogP contribution in [0.2, 0.25) is 0 Å². The molecule has 2 N–H and O–H groups in total. The van der Waals surface area contributed by atoms with Gasteiger partial charge in [-0.05, 0) is 18.4 Å². The van der Waals surface area contributed by atoms with E-state index < -0.39 is 0 Å². The molecule has 4 heteroatoms. The Bertz CT molecular complexity index is 554. The van der Waals surface area contributed by atoms with Crippen LogP contribution in [-0.4, -0.2) is 29.1 Å². The second kappa shape index (κ2) is 4.53.